The number of hydrogen-bond acceptors (Lipinski definition) is 4. The molecule has 0 spiro atoms. The minimum Gasteiger partial charge on any atom is -0.461 e. The summed E-state index contributed by atoms with van der Waals surface area (Å²) < 4.78 is 12.2. The van der Waals surface area contributed by atoms with E-state index in [0.29, 0.717) is 0 Å². The van der Waals surface area contributed by atoms with E-state index < -0.39 is 0 Å². The fourth-order valence-corrected chi connectivity index (χ4v) is 12.6. The molecule has 4 aliphatic heterocycles. The van der Waals surface area contributed by atoms with Crippen molar-refractivity contribution in [3.05, 3.63) is 236 Å². The molecule has 0 fully saturated rings. The van der Waals surface area contributed by atoms with Crippen LogP contribution >= 0.6 is 0 Å². The van der Waals surface area contributed by atoms with Crippen molar-refractivity contribution in [3.8, 4) is 44.9 Å². The largest absolute Gasteiger partial charge is 0.461 e. The van der Waals surface area contributed by atoms with E-state index in [1.165, 1.54) is 100.0 Å². The number of anilines is 6. The third-order valence-corrected chi connectivity index (χ3v) is 15.6. The summed E-state index contributed by atoms with van der Waals surface area (Å²) in [5.74, 6) is 3.58. The molecule has 11 aromatic rings. The predicted octanol–water partition coefficient (Wildman–Crippen LogP) is 9.90. The molecule has 0 amide bonds. The third-order valence-electron chi connectivity index (χ3n) is 15.6. The Kier molecular flexibility index (Phi) is 8.74. The zero-order valence-electron chi connectivity index (χ0n) is 39.3. The molecule has 4 aliphatic rings. The average molecular weight is 904 g/mol. The van der Waals surface area contributed by atoms with E-state index in [1.54, 1.807) is 0 Å². The highest BCUT2D eigenvalue weighted by molar-refractivity contribution is 7.05. The van der Waals surface area contributed by atoms with Gasteiger partial charge >= 0.3 is 0 Å². The SMILES string of the molecule is Cc1ccc(-c2ccc(-c3cc4c5c(c3)B3c6cccc7c6N(c6ccccc6B7c6ccccc6)c6cc(-c7ccc(-c8ccc(C)o8)cc7)cc(c63)N5c3ccccc3B4c3ccccc3)cc2)o1. The molecule has 330 valence electrons. The predicted molar refractivity (Wildman–Crippen MR) is 298 cm³/mol. The molecule has 0 saturated carbocycles. The van der Waals surface area contributed by atoms with E-state index in [1.807, 2.05) is 26.0 Å². The Morgan fingerprint density at radius 1 is 0.296 bits per heavy atom. The van der Waals surface area contributed by atoms with Gasteiger partial charge < -0.3 is 18.6 Å². The number of aryl methyl sites for hydroxylation is 2. The Labute approximate surface area is 414 Å². The van der Waals surface area contributed by atoms with Gasteiger partial charge in [0, 0.05) is 45.3 Å². The Balaban J connectivity index is 1.04. The number of nitrogens with zero attached hydrogens (tertiary/aromatic N) is 2. The van der Waals surface area contributed by atoms with E-state index in [4.69, 9.17) is 8.83 Å². The van der Waals surface area contributed by atoms with Gasteiger partial charge in [-0.3, -0.25) is 0 Å². The fraction of sp³-hybridized carbons (Fsp3) is 0.0312. The van der Waals surface area contributed by atoms with E-state index in [9.17, 15) is 0 Å². The maximum absolute atomic E-state index is 6.10. The zero-order chi connectivity index (χ0) is 46.9. The Morgan fingerprint density at radius 2 is 0.690 bits per heavy atom. The van der Waals surface area contributed by atoms with E-state index in [2.05, 4.69) is 222 Å². The number of benzene rings is 9. The summed E-state index contributed by atoms with van der Waals surface area (Å²) in [4.78, 5) is 5.24. The van der Waals surface area contributed by atoms with Crippen LogP contribution in [0.25, 0.3) is 44.9 Å². The molecule has 9 aromatic carbocycles. The van der Waals surface area contributed by atoms with Gasteiger partial charge in [-0.15, -0.1) is 0 Å². The molecule has 0 unspecified atom stereocenters. The number of furan rings is 2. The van der Waals surface area contributed by atoms with Gasteiger partial charge in [0.1, 0.15) is 23.0 Å². The summed E-state index contributed by atoms with van der Waals surface area (Å²) in [5, 5.41) is 0. The molecule has 15 rings (SSSR count). The fourth-order valence-electron chi connectivity index (χ4n) is 12.6. The van der Waals surface area contributed by atoms with Gasteiger partial charge in [0.15, 0.2) is 0 Å². The number of para-hydroxylation sites is 3. The third kappa shape index (κ3) is 6.02. The van der Waals surface area contributed by atoms with Crippen LogP contribution in [0.4, 0.5) is 34.1 Å². The lowest BCUT2D eigenvalue weighted by Crippen LogP contribution is -2.69. The Bertz CT molecular complexity index is 3920. The second-order valence-corrected chi connectivity index (χ2v) is 19.6. The number of rotatable bonds is 6. The van der Waals surface area contributed by atoms with Crippen LogP contribution in [0.5, 0.6) is 0 Å². The van der Waals surface area contributed by atoms with Crippen molar-refractivity contribution in [2.45, 2.75) is 13.8 Å². The average Bonchev–Trinajstić information content (AvgIpc) is 4.08. The zero-order valence-corrected chi connectivity index (χ0v) is 39.3. The van der Waals surface area contributed by atoms with Crippen LogP contribution in [-0.2, 0) is 0 Å². The highest BCUT2D eigenvalue weighted by Crippen LogP contribution is 2.47. The van der Waals surface area contributed by atoms with Gasteiger partial charge in [0.25, 0.3) is 6.71 Å². The second kappa shape index (κ2) is 15.4. The highest BCUT2D eigenvalue weighted by atomic mass is 16.3. The first-order chi connectivity index (χ1) is 35.0. The van der Waals surface area contributed by atoms with Crippen molar-refractivity contribution in [1.29, 1.82) is 0 Å². The minimum absolute atomic E-state index is 0.00353. The molecule has 0 bridgehead atoms. The Morgan fingerprint density at radius 3 is 1.18 bits per heavy atom. The van der Waals surface area contributed by atoms with Gasteiger partial charge in [-0.2, -0.15) is 0 Å². The molecule has 0 atom stereocenters. The lowest BCUT2D eigenvalue weighted by Gasteiger charge is -2.50. The van der Waals surface area contributed by atoms with Gasteiger partial charge in [-0.05, 0) is 123 Å². The highest BCUT2D eigenvalue weighted by Gasteiger charge is 2.50. The first-order valence-electron chi connectivity index (χ1n) is 24.7. The first-order valence-corrected chi connectivity index (χ1v) is 24.7. The summed E-state index contributed by atoms with van der Waals surface area (Å²) in [6, 6.07) is 83.6. The first kappa shape index (κ1) is 40.2. The van der Waals surface area contributed by atoms with Crippen LogP contribution < -0.4 is 59.0 Å². The van der Waals surface area contributed by atoms with Crippen LogP contribution in [0.15, 0.2) is 233 Å². The van der Waals surface area contributed by atoms with Gasteiger partial charge in [0.05, 0.1) is 0 Å². The van der Waals surface area contributed by atoms with E-state index in [0.717, 1.165) is 39.7 Å². The molecule has 0 saturated heterocycles. The van der Waals surface area contributed by atoms with Crippen molar-refractivity contribution in [1.82, 2.24) is 0 Å². The monoisotopic (exact) mass is 904 g/mol. The van der Waals surface area contributed by atoms with Crippen LogP contribution in [0.1, 0.15) is 11.5 Å². The number of fused-ring (bicyclic) bond motifs is 8. The molecule has 0 radical (unpaired) electrons. The van der Waals surface area contributed by atoms with Gasteiger partial charge in [0.2, 0.25) is 13.4 Å². The van der Waals surface area contributed by atoms with Crippen molar-refractivity contribution in [2.24, 2.45) is 0 Å². The maximum atomic E-state index is 6.10. The minimum atomic E-state index is -0.0662. The summed E-state index contributed by atoms with van der Waals surface area (Å²) in [6.45, 7) is 4.00. The molecular weight excluding hydrogens is 861 g/mol. The topological polar surface area (TPSA) is 32.8 Å². The van der Waals surface area contributed by atoms with Crippen molar-refractivity contribution < 1.29 is 8.83 Å². The molecule has 71 heavy (non-hydrogen) atoms. The van der Waals surface area contributed by atoms with Crippen molar-refractivity contribution >= 4 is 103 Å². The van der Waals surface area contributed by atoms with Gasteiger partial charge in [-0.1, -0.05) is 187 Å². The van der Waals surface area contributed by atoms with Crippen molar-refractivity contribution in [2.75, 3.05) is 9.80 Å². The molecule has 4 nitrogen and oxygen atoms in total. The van der Waals surface area contributed by atoms with Crippen LogP contribution in [0, 0.1) is 13.8 Å². The van der Waals surface area contributed by atoms with Crippen LogP contribution in [0.2, 0.25) is 0 Å². The number of hydrogen-bond donors (Lipinski definition) is 0. The van der Waals surface area contributed by atoms with E-state index in [-0.39, 0.29) is 20.1 Å². The van der Waals surface area contributed by atoms with Crippen LogP contribution in [0.3, 0.4) is 0 Å². The molecule has 0 aliphatic carbocycles. The lowest BCUT2D eigenvalue weighted by molar-refractivity contribution is 0.548. The van der Waals surface area contributed by atoms with Gasteiger partial charge in [-0.25, -0.2) is 0 Å². The second-order valence-electron chi connectivity index (χ2n) is 19.6. The van der Waals surface area contributed by atoms with Crippen molar-refractivity contribution in [3.63, 3.8) is 0 Å². The lowest BCUT2D eigenvalue weighted by atomic mass is 9.28. The molecule has 7 heteroatoms. The summed E-state index contributed by atoms with van der Waals surface area (Å²) in [5.41, 5.74) is 26.0. The maximum Gasteiger partial charge on any atom is 0.252 e. The molecule has 6 heterocycles. The Hall–Kier alpha value is -8.67. The summed E-state index contributed by atoms with van der Waals surface area (Å²) in [6.07, 6.45) is 0. The molecular formula is C64H43B3N2O2. The normalized spacial score (nSPS) is 13.4. The summed E-state index contributed by atoms with van der Waals surface area (Å²) >= 11 is 0. The molecule has 0 N–H and O–H groups in total. The standard InChI is InChI=1S/C64H43B3N2O2/c1-40-24-34-60(70-40)44-30-26-42(27-31-44)46-36-54-64-55(37-46)67-53-21-13-20-52-63(53)68(56-22-11-9-18-50(56)65(52)48-14-5-3-6-15-48)58-38-47(43-28-32-45(33-29-43)61-35-25-41(2)71-61)39-59(62(58)67)69(64)57-23-12-10-19-51(57)66(54)49-16-7-4-8-17-49/h3-39H,1-2H3. The van der Waals surface area contributed by atoms with Crippen LogP contribution in [-0.4, -0.2) is 20.1 Å². The smallest absolute Gasteiger partial charge is 0.252 e. The quantitative estimate of drug-likeness (QED) is 0.156. The van der Waals surface area contributed by atoms with E-state index >= 15 is 0 Å². The summed E-state index contributed by atoms with van der Waals surface area (Å²) in [7, 11) is 0. The molecule has 2 aromatic heterocycles.